The molecule has 130 valence electrons. The molecule has 6 heteroatoms. The average molecular weight is 341 g/mol. The van der Waals surface area contributed by atoms with E-state index in [9.17, 15) is 4.79 Å². The number of rotatable bonds is 4. The molecule has 2 aliphatic rings. The minimum atomic E-state index is -0.629. The summed E-state index contributed by atoms with van der Waals surface area (Å²) in [6, 6.07) is 13.0. The van der Waals surface area contributed by atoms with Gasteiger partial charge in [-0.1, -0.05) is 18.2 Å². The molecule has 0 radical (unpaired) electrons. The highest BCUT2D eigenvalue weighted by Crippen LogP contribution is 2.35. The second-order valence-corrected chi connectivity index (χ2v) is 6.01. The van der Waals surface area contributed by atoms with Crippen molar-refractivity contribution in [3.63, 3.8) is 0 Å². The molecule has 0 aliphatic carbocycles. The summed E-state index contributed by atoms with van der Waals surface area (Å²) in [4.78, 5) is 12.5. The lowest BCUT2D eigenvalue weighted by atomic mass is 10.0. The van der Waals surface area contributed by atoms with Crippen LogP contribution in [0.3, 0.4) is 0 Å². The van der Waals surface area contributed by atoms with Crippen LogP contribution in [0.5, 0.6) is 23.0 Å². The fourth-order valence-corrected chi connectivity index (χ4v) is 2.99. The van der Waals surface area contributed by atoms with Crippen molar-refractivity contribution in [3.05, 3.63) is 48.0 Å². The maximum atomic E-state index is 12.5. The predicted octanol–water partition coefficient (Wildman–Crippen LogP) is 2.82. The standard InChI is InChI=1S/C19H19NO5/c1-12(25-13-6-7-17-18(10-13)24-11-23-17)19(21)20-15-8-9-22-16-5-3-2-4-14(15)16/h2-7,10,12,15H,8-9,11H2,1H3,(H,20,21). The fraction of sp³-hybridized carbons (Fsp3) is 0.316. The van der Waals surface area contributed by atoms with E-state index in [1.165, 1.54) is 0 Å². The van der Waals surface area contributed by atoms with Gasteiger partial charge in [0.1, 0.15) is 11.5 Å². The molecule has 0 aromatic heterocycles. The van der Waals surface area contributed by atoms with Gasteiger partial charge in [-0.05, 0) is 25.1 Å². The molecule has 0 fully saturated rings. The number of fused-ring (bicyclic) bond motifs is 2. The summed E-state index contributed by atoms with van der Waals surface area (Å²) >= 11 is 0. The lowest BCUT2D eigenvalue weighted by molar-refractivity contribution is -0.128. The number of hydrogen-bond donors (Lipinski definition) is 1. The molecule has 6 nitrogen and oxygen atoms in total. The van der Waals surface area contributed by atoms with Gasteiger partial charge >= 0.3 is 0 Å². The molecule has 0 saturated heterocycles. The van der Waals surface area contributed by atoms with E-state index in [2.05, 4.69) is 5.32 Å². The van der Waals surface area contributed by atoms with Crippen LogP contribution in [-0.2, 0) is 4.79 Å². The van der Waals surface area contributed by atoms with Gasteiger partial charge in [0.25, 0.3) is 5.91 Å². The van der Waals surface area contributed by atoms with Gasteiger partial charge in [0.05, 0.1) is 12.6 Å². The van der Waals surface area contributed by atoms with E-state index in [4.69, 9.17) is 18.9 Å². The highest BCUT2D eigenvalue weighted by atomic mass is 16.7. The maximum Gasteiger partial charge on any atom is 0.261 e. The van der Waals surface area contributed by atoms with Crippen molar-refractivity contribution in [3.8, 4) is 23.0 Å². The third kappa shape index (κ3) is 3.20. The van der Waals surface area contributed by atoms with E-state index < -0.39 is 6.10 Å². The van der Waals surface area contributed by atoms with Crippen LogP contribution in [-0.4, -0.2) is 25.4 Å². The first kappa shape index (κ1) is 15.6. The summed E-state index contributed by atoms with van der Waals surface area (Å²) < 4.78 is 22.0. The van der Waals surface area contributed by atoms with Gasteiger partial charge in [-0.3, -0.25) is 4.79 Å². The summed E-state index contributed by atoms with van der Waals surface area (Å²) in [5, 5.41) is 3.05. The summed E-state index contributed by atoms with van der Waals surface area (Å²) in [5.41, 5.74) is 0.998. The molecule has 0 spiro atoms. The van der Waals surface area contributed by atoms with Crippen molar-refractivity contribution in [2.45, 2.75) is 25.5 Å². The van der Waals surface area contributed by atoms with Crippen LogP contribution in [0.4, 0.5) is 0 Å². The molecule has 4 rings (SSSR count). The van der Waals surface area contributed by atoms with Crippen LogP contribution < -0.4 is 24.3 Å². The average Bonchev–Trinajstić information content (AvgIpc) is 3.10. The van der Waals surface area contributed by atoms with Crippen molar-refractivity contribution < 1.29 is 23.7 Å². The zero-order chi connectivity index (χ0) is 17.2. The molecule has 1 N–H and O–H groups in total. The molecule has 1 amide bonds. The Hall–Kier alpha value is -2.89. The van der Waals surface area contributed by atoms with E-state index in [1.807, 2.05) is 24.3 Å². The van der Waals surface area contributed by atoms with Crippen LogP contribution in [0.15, 0.2) is 42.5 Å². The fourth-order valence-electron chi connectivity index (χ4n) is 2.99. The minimum Gasteiger partial charge on any atom is -0.493 e. The van der Waals surface area contributed by atoms with E-state index in [0.717, 1.165) is 17.7 Å². The molecule has 2 aliphatic heterocycles. The Bertz CT molecular complexity index is 791. The van der Waals surface area contributed by atoms with Crippen LogP contribution in [0.1, 0.15) is 24.9 Å². The van der Waals surface area contributed by atoms with E-state index in [1.54, 1.807) is 25.1 Å². The van der Waals surface area contributed by atoms with E-state index in [0.29, 0.717) is 23.9 Å². The molecule has 2 unspecified atom stereocenters. The van der Waals surface area contributed by atoms with Gasteiger partial charge in [-0.25, -0.2) is 0 Å². The summed E-state index contributed by atoms with van der Waals surface area (Å²) in [7, 11) is 0. The smallest absolute Gasteiger partial charge is 0.261 e. The van der Waals surface area contributed by atoms with Gasteiger partial charge in [-0.2, -0.15) is 0 Å². The summed E-state index contributed by atoms with van der Waals surface area (Å²) in [6.45, 7) is 2.52. The highest BCUT2D eigenvalue weighted by molar-refractivity contribution is 5.81. The third-order valence-corrected chi connectivity index (χ3v) is 4.30. The molecule has 0 bridgehead atoms. The van der Waals surface area contributed by atoms with Crippen LogP contribution in [0.2, 0.25) is 0 Å². The Labute approximate surface area is 145 Å². The van der Waals surface area contributed by atoms with Gasteiger partial charge < -0.3 is 24.3 Å². The first-order chi connectivity index (χ1) is 12.2. The van der Waals surface area contributed by atoms with Crippen LogP contribution in [0, 0.1) is 0 Å². The molecule has 2 heterocycles. The van der Waals surface area contributed by atoms with E-state index >= 15 is 0 Å². The number of carbonyl (C=O) groups excluding carboxylic acids is 1. The third-order valence-electron chi connectivity index (χ3n) is 4.30. The monoisotopic (exact) mass is 341 g/mol. The maximum absolute atomic E-state index is 12.5. The predicted molar refractivity (Wildman–Crippen MR) is 90.1 cm³/mol. The molecule has 2 aromatic carbocycles. The topological polar surface area (TPSA) is 66.0 Å². The van der Waals surface area contributed by atoms with Gasteiger partial charge in [0.15, 0.2) is 17.6 Å². The number of hydrogen-bond acceptors (Lipinski definition) is 5. The lowest BCUT2D eigenvalue weighted by Gasteiger charge is -2.27. The normalized spacial score (nSPS) is 18.7. The van der Waals surface area contributed by atoms with Crippen LogP contribution >= 0.6 is 0 Å². The van der Waals surface area contributed by atoms with Gasteiger partial charge in [0.2, 0.25) is 6.79 Å². The lowest BCUT2D eigenvalue weighted by Crippen LogP contribution is -2.40. The van der Waals surface area contributed by atoms with Crippen molar-refractivity contribution in [1.29, 1.82) is 0 Å². The Kier molecular flexibility index (Phi) is 4.09. The molecule has 25 heavy (non-hydrogen) atoms. The second-order valence-electron chi connectivity index (χ2n) is 6.01. The summed E-state index contributed by atoms with van der Waals surface area (Å²) in [5.74, 6) is 2.54. The number of carbonyl (C=O) groups is 1. The number of benzene rings is 2. The van der Waals surface area contributed by atoms with Gasteiger partial charge in [-0.15, -0.1) is 0 Å². The summed E-state index contributed by atoms with van der Waals surface area (Å²) in [6.07, 6.45) is 0.106. The number of amides is 1. The Morgan fingerprint density at radius 2 is 1.96 bits per heavy atom. The Morgan fingerprint density at radius 3 is 2.88 bits per heavy atom. The van der Waals surface area contributed by atoms with Gasteiger partial charge in [0, 0.05) is 18.1 Å². The van der Waals surface area contributed by atoms with Crippen molar-refractivity contribution in [2.24, 2.45) is 0 Å². The molecule has 0 saturated carbocycles. The first-order valence-electron chi connectivity index (χ1n) is 8.29. The molecular formula is C19H19NO5. The highest BCUT2D eigenvalue weighted by Gasteiger charge is 2.25. The van der Waals surface area contributed by atoms with Crippen molar-refractivity contribution in [1.82, 2.24) is 5.32 Å². The second kappa shape index (κ2) is 6.55. The number of ether oxygens (including phenoxy) is 4. The van der Waals surface area contributed by atoms with E-state index in [-0.39, 0.29) is 18.7 Å². The quantitative estimate of drug-likeness (QED) is 0.926. The largest absolute Gasteiger partial charge is 0.493 e. The van der Waals surface area contributed by atoms with Crippen molar-refractivity contribution >= 4 is 5.91 Å². The Morgan fingerprint density at radius 1 is 1.12 bits per heavy atom. The number of nitrogens with one attached hydrogen (secondary N) is 1. The van der Waals surface area contributed by atoms with Crippen LogP contribution in [0.25, 0.3) is 0 Å². The number of para-hydroxylation sites is 1. The zero-order valence-electron chi connectivity index (χ0n) is 13.9. The Balaban J connectivity index is 1.41. The first-order valence-corrected chi connectivity index (χ1v) is 8.29. The molecular weight excluding hydrogens is 322 g/mol. The van der Waals surface area contributed by atoms with Crippen molar-refractivity contribution in [2.75, 3.05) is 13.4 Å². The molecule has 2 aromatic rings. The molecule has 2 atom stereocenters. The minimum absolute atomic E-state index is 0.0692. The SMILES string of the molecule is CC(Oc1ccc2c(c1)OCO2)C(=O)NC1CCOc2ccccc21. The zero-order valence-corrected chi connectivity index (χ0v) is 13.9.